The van der Waals surface area contributed by atoms with Gasteiger partial charge in [-0.3, -0.25) is 0 Å². The maximum absolute atomic E-state index is 4.64. The zero-order valence-corrected chi connectivity index (χ0v) is 13.5. The number of rotatable bonds is 8. The van der Waals surface area contributed by atoms with Crippen molar-refractivity contribution in [1.82, 2.24) is 14.9 Å². The zero-order valence-electron chi connectivity index (χ0n) is 13.5. The molecule has 1 aromatic heterocycles. The molecule has 0 spiro atoms. The molecule has 1 atom stereocenters. The van der Waals surface area contributed by atoms with Gasteiger partial charge < -0.3 is 9.88 Å². The van der Waals surface area contributed by atoms with Gasteiger partial charge in [-0.25, -0.2) is 4.98 Å². The fourth-order valence-corrected chi connectivity index (χ4v) is 2.78. The molecule has 21 heavy (non-hydrogen) atoms. The highest BCUT2D eigenvalue weighted by atomic mass is 15.1. The highest BCUT2D eigenvalue weighted by molar-refractivity contribution is 5.34. The third-order valence-corrected chi connectivity index (χ3v) is 3.82. The normalized spacial score (nSPS) is 12.5. The largest absolute Gasteiger partial charge is 0.333 e. The van der Waals surface area contributed by atoms with Crippen molar-refractivity contribution in [2.45, 2.75) is 52.6 Å². The predicted octanol–water partition coefficient (Wildman–Crippen LogP) is 3.94. The molecule has 3 heteroatoms. The van der Waals surface area contributed by atoms with Gasteiger partial charge in [0.25, 0.3) is 0 Å². The monoisotopic (exact) mass is 285 g/mol. The van der Waals surface area contributed by atoms with Gasteiger partial charge in [0.15, 0.2) is 0 Å². The Labute approximate surface area is 128 Å². The molecule has 0 aliphatic rings. The van der Waals surface area contributed by atoms with E-state index in [1.54, 1.807) is 0 Å². The first-order chi connectivity index (χ1) is 10.3. The third kappa shape index (κ3) is 3.73. The first-order valence-corrected chi connectivity index (χ1v) is 8.13. The van der Waals surface area contributed by atoms with E-state index in [4.69, 9.17) is 0 Å². The quantitative estimate of drug-likeness (QED) is 0.796. The fourth-order valence-electron chi connectivity index (χ4n) is 2.78. The Balaban J connectivity index is 2.40. The van der Waals surface area contributed by atoms with Crippen molar-refractivity contribution in [1.29, 1.82) is 0 Å². The first-order valence-electron chi connectivity index (χ1n) is 8.13. The standard InChI is InChI=1S/C18H27N3/c1-4-11-19-17(16-10-8-7-9-15(16)6-3)18-20-12-14-21(18)13-5-2/h7-10,12,14,17,19H,4-6,11,13H2,1-3H3. The number of imidazole rings is 1. The zero-order chi connectivity index (χ0) is 15.1. The lowest BCUT2D eigenvalue weighted by molar-refractivity contribution is 0.527. The van der Waals surface area contributed by atoms with Crippen molar-refractivity contribution >= 4 is 0 Å². The Bertz CT molecular complexity index is 545. The first kappa shape index (κ1) is 15.8. The van der Waals surface area contributed by atoms with E-state index in [0.717, 1.165) is 38.2 Å². The van der Waals surface area contributed by atoms with Crippen LogP contribution in [-0.2, 0) is 13.0 Å². The van der Waals surface area contributed by atoms with Gasteiger partial charge in [0, 0.05) is 18.9 Å². The Kier molecular flexibility index (Phi) is 6.00. The second kappa shape index (κ2) is 7.99. The van der Waals surface area contributed by atoms with Crippen LogP contribution in [0, 0.1) is 0 Å². The minimum Gasteiger partial charge on any atom is -0.333 e. The predicted molar refractivity (Wildman–Crippen MR) is 88.5 cm³/mol. The lowest BCUT2D eigenvalue weighted by atomic mass is 9.97. The van der Waals surface area contributed by atoms with Gasteiger partial charge in [-0.15, -0.1) is 0 Å². The summed E-state index contributed by atoms with van der Waals surface area (Å²) < 4.78 is 2.28. The van der Waals surface area contributed by atoms with Crippen LogP contribution in [0.5, 0.6) is 0 Å². The number of nitrogens with zero attached hydrogens (tertiary/aromatic N) is 2. The van der Waals surface area contributed by atoms with Gasteiger partial charge in [0.1, 0.15) is 5.82 Å². The fraction of sp³-hybridized carbons (Fsp3) is 0.500. The highest BCUT2D eigenvalue weighted by Crippen LogP contribution is 2.25. The summed E-state index contributed by atoms with van der Waals surface area (Å²) in [5, 5.41) is 3.68. The Hall–Kier alpha value is -1.61. The average Bonchev–Trinajstić information content (AvgIpc) is 2.97. The maximum Gasteiger partial charge on any atom is 0.130 e. The number of benzene rings is 1. The summed E-state index contributed by atoms with van der Waals surface area (Å²) in [6.45, 7) is 8.65. The summed E-state index contributed by atoms with van der Waals surface area (Å²) in [7, 11) is 0. The molecular formula is C18H27N3. The SMILES string of the molecule is CCCNC(c1ccccc1CC)c1nccn1CCC. The van der Waals surface area contributed by atoms with Crippen LogP contribution in [-0.4, -0.2) is 16.1 Å². The van der Waals surface area contributed by atoms with Crippen LogP contribution >= 0.6 is 0 Å². The lowest BCUT2D eigenvalue weighted by Crippen LogP contribution is -2.27. The van der Waals surface area contributed by atoms with Crippen LogP contribution in [0.4, 0.5) is 0 Å². The smallest absolute Gasteiger partial charge is 0.130 e. The minimum absolute atomic E-state index is 0.183. The molecule has 0 radical (unpaired) electrons. The topological polar surface area (TPSA) is 29.9 Å². The van der Waals surface area contributed by atoms with Gasteiger partial charge in [0.2, 0.25) is 0 Å². The van der Waals surface area contributed by atoms with Gasteiger partial charge >= 0.3 is 0 Å². The van der Waals surface area contributed by atoms with E-state index in [2.05, 4.69) is 66.1 Å². The van der Waals surface area contributed by atoms with Crippen molar-refractivity contribution in [3.8, 4) is 0 Å². The Morgan fingerprint density at radius 1 is 1.14 bits per heavy atom. The van der Waals surface area contributed by atoms with E-state index < -0.39 is 0 Å². The number of aromatic nitrogens is 2. The lowest BCUT2D eigenvalue weighted by Gasteiger charge is -2.22. The van der Waals surface area contributed by atoms with E-state index in [9.17, 15) is 0 Å². The molecule has 2 rings (SSSR count). The molecule has 2 aromatic rings. The van der Waals surface area contributed by atoms with Gasteiger partial charge in [-0.2, -0.15) is 0 Å². The summed E-state index contributed by atoms with van der Waals surface area (Å²) in [5.41, 5.74) is 2.76. The van der Waals surface area contributed by atoms with E-state index in [1.807, 2.05) is 6.20 Å². The van der Waals surface area contributed by atoms with Gasteiger partial charge in [0.05, 0.1) is 6.04 Å². The maximum atomic E-state index is 4.64. The molecule has 1 heterocycles. The third-order valence-electron chi connectivity index (χ3n) is 3.82. The van der Waals surface area contributed by atoms with E-state index in [-0.39, 0.29) is 6.04 Å². The molecular weight excluding hydrogens is 258 g/mol. The molecule has 114 valence electrons. The van der Waals surface area contributed by atoms with E-state index >= 15 is 0 Å². The van der Waals surface area contributed by atoms with Crippen LogP contribution in [0.25, 0.3) is 0 Å². The summed E-state index contributed by atoms with van der Waals surface area (Å²) in [6.07, 6.45) is 7.31. The van der Waals surface area contributed by atoms with Crippen molar-refractivity contribution in [2.24, 2.45) is 0 Å². The summed E-state index contributed by atoms with van der Waals surface area (Å²) in [4.78, 5) is 4.64. The van der Waals surface area contributed by atoms with Gasteiger partial charge in [-0.1, -0.05) is 45.0 Å². The molecule has 0 bridgehead atoms. The molecule has 0 aliphatic heterocycles. The van der Waals surface area contributed by atoms with Crippen molar-refractivity contribution in [2.75, 3.05) is 6.54 Å². The van der Waals surface area contributed by atoms with Crippen LogP contribution in [0.3, 0.4) is 0 Å². The summed E-state index contributed by atoms with van der Waals surface area (Å²) in [6, 6.07) is 8.89. The molecule has 3 nitrogen and oxygen atoms in total. The van der Waals surface area contributed by atoms with Crippen molar-refractivity contribution in [3.05, 3.63) is 53.6 Å². The second-order valence-electron chi connectivity index (χ2n) is 5.42. The van der Waals surface area contributed by atoms with Crippen molar-refractivity contribution in [3.63, 3.8) is 0 Å². The molecule has 1 N–H and O–H groups in total. The molecule has 0 fully saturated rings. The van der Waals surface area contributed by atoms with Gasteiger partial charge in [-0.05, 0) is 36.9 Å². The Morgan fingerprint density at radius 2 is 1.95 bits per heavy atom. The number of aryl methyl sites for hydroxylation is 2. The molecule has 0 saturated carbocycles. The van der Waals surface area contributed by atoms with Crippen LogP contribution < -0.4 is 5.32 Å². The van der Waals surface area contributed by atoms with E-state index in [0.29, 0.717) is 0 Å². The molecule has 0 saturated heterocycles. The highest BCUT2D eigenvalue weighted by Gasteiger charge is 2.20. The minimum atomic E-state index is 0.183. The summed E-state index contributed by atoms with van der Waals surface area (Å²) in [5.74, 6) is 1.13. The van der Waals surface area contributed by atoms with Crippen molar-refractivity contribution < 1.29 is 0 Å². The average molecular weight is 285 g/mol. The molecule has 0 aliphatic carbocycles. The number of hydrogen-bond donors (Lipinski definition) is 1. The molecule has 1 unspecified atom stereocenters. The van der Waals surface area contributed by atoms with E-state index in [1.165, 1.54) is 11.1 Å². The Morgan fingerprint density at radius 3 is 2.67 bits per heavy atom. The number of nitrogens with one attached hydrogen (secondary N) is 1. The van der Waals surface area contributed by atoms with Crippen LogP contribution in [0.2, 0.25) is 0 Å². The second-order valence-corrected chi connectivity index (χ2v) is 5.42. The summed E-state index contributed by atoms with van der Waals surface area (Å²) >= 11 is 0. The number of hydrogen-bond acceptors (Lipinski definition) is 2. The molecule has 1 aromatic carbocycles. The molecule has 0 amide bonds. The van der Waals surface area contributed by atoms with Crippen LogP contribution in [0.1, 0.15) is 56.6 Å². The van der Waals surface area contributed by atoms with Crippen LogP contribution in [0.15, 0.2) is 36.7 Å².